The zero-order chi connectivity index (χ0) is 23.8. The molecule has 0 radical (unpaired) electrons. The largest absolute Gasteiger partial charge is 0.470 e. The average molecular weight is 471 g/mol. The number of aromatic nitrogens is 6. The summed E-state index contributed by atoms with van der Waals surface area (Å²) in [6.45, 7) is 0.134. The van der Waals surface area contributed by atoms with Gasteiger partial charge < -0.3 is 14.7 Å². The number of halogens is 1. The van der Waals surface area contributed by atoms with Crippen LogP contribution in [0.5, 0.6) is 0 Å². The summed E-state index contributed by atoms with van der Waals surface area (Å²) in [5.74, 6) is 0.445. The highest BCUT2D eigenvalue weighted by Crippen LogP contribution is 2.33. The van der Waals surface area contributed by atoms with Gasteiger partial charge in [-0.2, -0.15) is 5.10 Å². The first-order valence-electron chi connectivity index (χ1n) is 11.5. The molecular formula is C25H22FN7O2. The highest BCUT2D eigenvalue weighted by atomic mass is 19.1. The lowest BCUT2D eigenvalue weighted by Gasteiger charge is -2.08. The van der Waals surface area contributed by atoms with Gasteiger partial charge >= 0.3 is 0 Å². The molecule has 0 unspecified atom stereocenters. The van der Waals surface area contributed by atoms with Gasteiger partial charge in [0.05, 0.1) is 12.5 Å². The molecule has 1 aliphatic rings. The first-order valence-corrected chi connectivity index (χ1v) is 11.5. The number of carbonyl (C=O) groups is 1. The molecule has 1 aliphatic carbocycles. The number of fused-ring (bicyclic) bond motifs is 1. The number of hydrogen-bond acceptors (Lipinski definition) is 6. The van der Waals surface area contributed by atoms with Crippen molar-refractivity contribution in [1.29, 1.82) is 0 Å². The van der Waals surface area contributed by atoms with E-state index in [1.54, 1.807) is 35.7 Å². The molecule has 10 heteroatoms. The number of benzene rings is 1. The first kappa shape index (κ1) is 21.2. The van der Waals surface area contributed by atoms with Gasteiger partial charge in [0.15, 0.2) is 11.3 Å². The molecule has 2 N–H and O–H groups in total. The van der Waals surface area contributed by atoms with E-state index in [4.69, 9.17) is 4.42 Å². The summed E-state index contributed by atoms with van der Waals surface area (Å²) in [6, 6.07) is 6.44. The Kier molecular flexibility index (Phi) is 5.32. The minimum Gasteiger partial charge on any atom is -0.470 e. The molecule has 1 saturated carbocycles. The maximum absolute atomic E-state index is 14.4. The van der Waals surface area contributed by atoms with Crippen molar-refractivity contribution in [2.75, 3.05) is 0 Å². The quantitative estimate of drug-likeness (QED) is 0.376. The van der Waals surface area contributed by atoms with Crippen LogP contribution in [0.1, 0.15) is 53.5 Å². The number of rotatable bonds is 6. The standard InChI is InChI=1S/C25H22FN7O2/c26-19-8-15(7-17(9-19)18-11-30-33(12-18)20-5-6-35-13-20)10-27-25(34)22-21-24(29-14-28-22)32-23(31-21)16-3-1-2-4-16/h5-9,11-14,16H,1-4,10H2,(H,27,34)(H,28,29,31,32). The maximum Gasteiger partial charge on any atom is 0.272 e. The Labute approximate surface area is 199 Å². The predicted molar refractivity (Wildman–Crippen MR) is 125 cm³/mol. The van der Waals surface area contributed by atoms with Crippen LogP contribution < -0.4 is 5.32 Å². The molecule has 35 heavy (non-hydrogen) atoms. The van der Waals surface area contributed by atoms with Crippen molar-refractivity contribution in [1.82, 2.24) is 35.0 Å². The van der Waals surface area contributed by atoms with Crippen LogP contribution in [0.4, 0.5) is 4.39 Å². The Bertz CT molecular complexity index is 1500. The Morgan fingerprint density at radius 2 is 2.09 bits per heavy atom. The Balaban J connectivity index is 1.21. The van der Waals surface area contributed by atoms with E-state index in [2.05, 4.69) is 30.4 Å². The van der Waals surface area contributed by atoms with Crippen molar-refractivity contribution in [2.45, 2.75) is 38.1 Å². The molecule has 0 bridgehead atoms. The molecule has 1 amide bonds. The minimum absolute atomic E-state index is 0.134. The summed E-state index contributed by atoms with van der Waals surface area (Å²) < 4.78 is 21.2. The molecule has 4 aromatic heterocycles. The van der Waals surface area contributed by atoms with Crippen LogP contribution in [-0.2, 0) is 6.54 Å². The van der Waals surface area contributed by atoms with E-state index in [1.807, 2.05) is 6.07 Å². The van der Waals surface area contributed by atoms with Gasteiger partial charge in [-0.1, -0.05) is 12.8 Å². The summed E-state index contributed by atoms with van der Waals surface area (Å²) in [5.41, 5.74) is 4.02. The van der Waals surface area contributed by atoms with Crippen molar-refractivity contribution in [2.24, 2.45) is 0 Å². The number of carbonyl (C=O) groups excluding carboxylic acids is 1. The molecule has 4 heterocycles. The third-order valence-electron chi connectivity index (χ3n) is 6.36. The van der Waals surface area contributed by atoms with E-state index in [0.717, 1.165) is 29.9 Å². The summed E-state index contributed by atoms with van der Waals surface area (Å²) in [6.07, 6.45) is 12.4. The number of nitrogens with one attached hydrogen (secondary N) is 2. The van der Waals surface area contributed by atoms with Crippen LogP contribution >= 0.6 is 0 Å². The SMILES string of the molecule is O=C(NCc1cc(F)cc(-c2cnn(-c3ccoc3)c2)c1)c1ncnc2nc(C3CCCC3)[nH]c12. The first-order chi connectivity index (χ1) is 17.1. The second-order valence-corrected chi connectivity index (χ2v) is 8.71. The van der Waals surface area contributed by atoms with Gasteiger partial charge in [-0.15, -0.1) is 0 Å². The third-order valence-corrected chi connectivity index (χ3v) is 6.36. The third kappa shape index (κ3) is 4.18. The summed E-state index contributed by atoms with van der Waals surface area (Å²) in [4.78, 5) is 29.2. The number of nitrogens with zero attached hydrogens (tertiary/aromatic N) is 5. The molecule has 0 saturated heterocycles. The van der Waals surface area contributed by atoms with E-state index >= 15 is 0 Å². The Morgan fingerprint density at radius 1 is 1.20 bits per heavy atom. The van der Waals surface area contributed by atoms with E-state index in [9.17, 15) is 9.18 Å². The van der Waals surface area contributed by atoms with E-state index in [-0.39, 0.29) is 18.1 Å². The van der Waals surface area contributed by atoms with Crippen molar-refractivity contribution >= 4 is 17.1 Å². The number of hydrogen-bond donors (Lipinski definition) is 2. The lowest BCUT2D eigenvalue weighted by molar-refractivity contribution is 0.0947. The van der Waals surface area contributed by atoms with E-state index < -0.39 is 5.82 Å². The normalized spacial score (nSPS) is 14.1. The van der Waals surface area contributed by atoms with Gasteiger partial charge in [0.1, 0.15) is 35.4 Å². The van der Waals surface area contributed by atoms with Gasteiger partial charge in [-0.25, -0.2) is 24.0 Å². The average Bonchev–Trinajstić information content (AvgIpc) is 3.68. The Morgan fingerprint density at radius 3 is 2.91 bits per heavy atom. The van der Waals surface area contributed by atoms with E-state index in [1.165, 1.54) is 31.3 Å². The van der Waals surface area contributed by atoms with E-state index in [0.29, 0.717) is 28.2 Å². The highest BCUT2D eigenvalue weighted by Gasteiger charge is 2.23. The minimum atomic E-state index is -0.401. The van der Waals surface area contributed by atoms with Gasteiger partial charge in [0, 0.05) is 30.3 Å². The second-order valence-electron chi connectivity index (χ2n) is 8.71. The van der Waals surface area contributed by atoms with Crippen LogP contribution in [0.15, 0.2) is 59.9 Å². The zero-order valence-corrected chi connectivity index (χ0v) is 18.7. The monoisotopic (exact) mass is 471 g/mol. The summed E-state index contributed by atoms with van der Waals surface area (Å²) in [5, 5.41) is 7.15. The number of amides is 1. The fraction of sp³-hybridized carbons (Fsp3) is 0.240. The van der Waals surface area contributed by atoms with Crippen LogP contribution in [0.3, 0.4) is 0 Å². The number of H-pyrrole nitrogens is 1. The van der Waals surface area contributed by atoms with Crippen molar-refractivity contribution in [3.63, 3.8) is 0 Å². The topological polar surface area (TPSA) is 115 Å². The number of imidazole rings is 1. The van der Waals surface area contributed by atoms with Crippen LogP contribution in [0.2, 0.25) is 0 Å². The van der Waals surface area contributed by atoms with Crippen LogP contribution in [0.25, 0.3) is 28.0 Å². The molecule has 1 fully saturated rings. The Hall–Kier alpha value is -4.34. The van der Waals surface area contributed by atoms with Gasteiger partial charge in [0.2, 0.25) is 0 Å². The molecule has 9 nitrogen and oxygen atoms in total. The molecule has 0 atom stereocenters. The second kappa shape index (κ2) is 8.79. The molecular weight excluding hydrogens is 449 g/mol. The smallest absolute Gasteiger partial charge is 0.272 e. The van der Waals surface area contributed by atoms with Crippen LogP contribution in [0, 0.1) is 5.82 Å². The summed E-state index contributed by atoms with van der Waals surface area (Å²) in [7, 11) is 0. The highest BCUT2D eigenvalue weighted by molar-refractivity contribution is 6.02. The van der Waals surface area contributed by atoms with Gasteiger partial charge in [-0.3, -0.25) is 4.79 Å². The summed E-state index contributed by atoms with van der Waals surface area (Å²) >= 11 is 0. The van der Waals surface area contributed by atoms with Crippen molar-refractivity contribution in [3.05, 3.63) is 78.4 Å². The molecule has 5 aromatic rings. The fourth-order valence-electron chi connectivity index (χ4n) is 4.60. The zero-order valence-electron chi connectivity index (χ0n) is 18.7. The molecule has 0 spiro atoms. The van der Waals surface area contributed by atoms with Crippen molar-refractivity contribution < 1.29 is 13.6 Å². The molecule has 0 aliphatic heterocycles. The van der Waals surface area contributed by atoms with Gasteiger partial charge in [0.25, 0.3) is 5.91 Å². The number of aromatic amines is 1. The molecule has 176 valence electrons. The van der Waals surface area contributed by atoms with Crippen molar-refractivity contribution in [3.8, 4) is 16.8 Å². The van der Waals surface area contributed by atoms with Crippen LogP contribution in [-0.4, -0.2) is 35.6 Å². The lowest BCUT2D eigenvalue weighted by atomic mass is 10.1. The predicted octanol–water partition coefficient (Wildman–Crippen LogP) is 4.53. The lowest BCUT2D eigenvalue weighted by Crippen LogP contribution is -2.24. The number of furan rings is 1. The molecule has 6 rings (SSSR count). The fourth-order valence-corrected chi connectivity index (χ4v) is 4.60. The molecule has 1 aromatic carbocycles. The maximum atomic E-state index is 14.4. The van der Waals surface area contributed by atoms with Gasteiger partial charge in [-0.05, 0) is 42.2 Å².